The first-order valence-corrected chi connectivity index (χ1v) is 10.1. The summed E-state index contributed by atoms with van der Waals surface area (Å²) in [5, 5.41) is 0. The van der Waals surface area contributed by atoms with Crippen molar-refractivity contribution in [3.8, 4) is 5.75 Å². The molecule has 2 aromatic rings. The number of hydrogen-bond acceptors (Lipinski definition) is 5. The summed E-state index contributed by atoms with van der Waals surface area (Å²) in [6.45, 7) is 3.19. The highest BCUT2D eigenvalue weighted by Crippen LogP contribution is 2.22. The number of nitrogens with zero attached hydrogens (tertiary/aromatic N) is 1. The van der Waals surface area contributed by atoms with E-state index in [9.17, 15) is 8.42 Å². The Bertz CT molecular complexity index is 788. The second-order valence-electron chi connectivity index (χ2n) is 6.10. The number of rotatable bonds is 7. The van der Waals surface area contributed by atoms with Crippen LogP contribution in [0.15, 0.2) is 59.5 Å². The van der Waals surface area contributed by atoms with Crippen LogP contribution >= 0.6 is 0 Å². The van der Waals surface area contributed by atoms with Crippen LogP contribution in [0.1, 0.15) is 11.6 Å². The van der Waals surface area contributed by atoms with Gasteiger partial charge in [-0.1, -0.05) is 30.3 Å². The van der Waals surface area contributed by atoms with E-state index in [4.69, 9.17) is 9.47 Å². The zero-order valence-corrected chi connectivity index (χ0v) is 15.6. The molecule has 3 rings (SSSR count). The number of ether oxygens (including phenoxy) is 2. The molecule has 0 amide bonds. The molecule has 1 N–H and O–H groups in total. The van der Waals surface area contributed by atoms with Crippen LogP contribution in [0.5, 0.6) is 5.75 Å². The molecular formula is C19H24N2O4S. The molecule has 1 unspecified atom stereocenters. The van der Waals surface area contributed by atoms with Gasteiger partial charge in [0.2, 0.25) is 10.0 Å². The van der Waals surface area contributed by atoms with E-state index in [-0.39, 0.29) is 10.9 Å². The van der Waals surface area contributed by atoms with Crippen molar-refractivity contribution in [2.75, 3.05) is 40.0 Å². The van der Waals surface area contributed by atoms with Gasteiger partial charge in [0, 0.05) is 25.7 Å². The van der Waals surface area contributed by atoms with Gasteiger partial charge in [-0.3, -0.25) is 4.90 Å². The van der Waals surface area contributed by atoms with Crippen molar-refractivity contribution in [3.05, 3.63) is 60.2 Å². The molecule has 1 heterocycles. The largest absolute Gasteiger partial charge is 0.497 e. The van der Waals surface area contributed by atoms with E-state index in [2.05, 4.69) is 9.62 Å². The van der Waals surface area contributed by atoms with Crippen molar-refractivity contribution < 1.29 is 17.9 Å². The molecule has 140 valence electrons. The SMILES string of the molecule is COc1ccc(S(=O)(=O)NCC(c2ccccc2)N2CCOCC2)cc1. The van der Waals surface area contributed by atoms with Gasteiger partial charge in [0.05, 0.1) is 25.2 Å². The summed E-state index contributed by atoms with van der Waals surface area (Å²) in [6.07, 6.45) is 0. The average Bonchev–Trinajstić information content (AvgIpc) is 2.70. The fraction of sp³-hybridized carbons (Fsp3) is 0.368. The van der Waals surface area contributed by atoms with E-state index in [0.717, 1.165) is 18.7 Å². The minimum absolute atomic E-state index is 0.0341. The maximum atomic E-state index is 12.7. The third-order valence-electron chi connectivity index (χ3n) is 4.51. The fourth-order valence-electron chi connectivity index (χ4n) is 3.05. The third-order valence-corrected chi connectivity index (χ3v) is 5.95. The lowest BCUT2D eigenvalue weighted by atomic mass is 10.1. The quantitative estimate of drug-likeness (QED) is 0.801. The van der Waals surface area contributed by atoms with Crippen LogP contribution in [-0.4, -0.2) is 53.3 Å². The van der Waals surface area contributed by atoms with Crippen LogP contribution < -0.4 is 9.46 Å². The molecule has 6 nitrogen and oxygen atoms in total. The lowest BCUT2D eigenvalue weighted by molar-refractivity contribution is 0.0172. The van der Waals surface area contributed by atoms with Gasteiger partial charge in [0.25, 0.3) is 0 Å². The highest BCUT2D eigenvalue weighted by atomic mass is 32.2. The highest BCUT2D eigenvalue weighted by molar-refractivity contribution is 7.89. The summed E-state index contributed by atoms with van der Waals surface area (Å²) in [5.74, 6) is 0.624. The summed E-state index contributed by atoms with van der Waals surface area (Å²) in [7, 11) is -2.04. The van der Waals surface area contributed by atoms with Crippen molar-refractivity contribution in [1.29, 1.82) is 0 Å². The van der Waals surface area contributed by atoms with E-state index >= 15 is 0 Å². The van der Waals surface area contributed by atoms with Crippen LogP contribution in [0.2, 0.25) is 0 Å². The summed E-state index contributed by atoms with van der Waals surface area (Å²) in [4.78, 5) is 2.49. The van der Waals surface area contributed by atoms with Gasteiger partial charge < -0.3 is 9.47 Å². The molecule has 0 radical (unpaired) electrons. The van der Waals surface area contributed by atoms with Gasteiger partial charge in [0.1, 0.15) is 5.75 Å². The molecule has 1 atom stereocenters. The van der Waals surface area contributed by atoms with E-state index in [0.29, 0.717) is 25.5 Å². The minimum atomic E-state index is -3.59. The van der Waals surface area contributed by atoms with Crippen LogP contribution in [0.4, 0.5) is 0 Å². The van der Waals surface area contributed by atoms with Gasteiger partial charge in [-0.2, -0.15) is 0 Å². The molecule has 0 saturated carbocycles. The van der Waals surface area contributed by atoms with Crippen LogP contribution in [0, 0.1) is 0 Å². The summed E-state index contributed by atoms with van der Waals surface area (Å²) in [5.41, 5.74) is 1.09. The standard InChI is InChI=1S/C19H24N2O4S/c1-24-17-7-9-18(10-8-17)26(22,23)20-15-19(16-5-3-2-4-6-16)21-11-13-25-14-12-21/h2-10,19-20H,11-15H2,1H3. The maximum absolute atomic E-state index is 12.7. The van der Waals surface area contributed by atoms with Crippen molar-refractivity contribution in [2.45, 2.75) is 10.9 Å². The zero-order chi connectivity index (χ0) is 18.4. The molecule has 1 aliphatic heterocycles. The number of nitrogens with one attached hydrogen (secondary N) is 1. The summed E-state index contributed by atoms with van der Waals surface area (Å²) in [6, 6.07) is 16.3. The normalized spacial score (nSPS) is 17.0. The molecule has 1 saturated heterocycles. The van der Waals surface area contributed by atoms with E-state index in [1.165, 1.54) is 0 Å². The highest BCUT2D eigenvalue weighted by Gasteiger charge is 2.25. The van der Waals surface area contributed by atoms with Gasteiger partial charge in [-0.25, -0.2) is 13.1 Å². The maximum Gasteiger partial charge on any atom is 0.240 e. The monoisotopic (exact) mass is 376 g/mol. The first-order chi connectivity index (χ1) is 12.6. The zero-order valence-electron chi connectivity index (χ0n) is 14.8. The van der Waals surface area contributed by atoms with Gasteiger partial charge >= 0.3 is 0 Å². The van der Waals surface area contributed by atoms with Gasteiger partial charge in [-0.05, 0) is 29.8 Å². The predicted molar refractivity (Wildman–Crippen MR) is 99.8 cm³/mol. The van der Waals surface area contributed by atoms with Crippen LogP contribution in [0.25, 0.3) is 0 Å². The molecule has 0 bridgehead atoms. The Hall–Kier alpha value is -1.93. The number of benzene rings is 2. The smallest absolute Gasteiger partial charge is 0.240 e. The second-order valence-corrected chi connectivity index (χ2v) is 7.87. The molecule has 1 aliphatic rings. The Labute approximate surface area is 154 Å². The van der Waals surface area contributed by atoms with Crippen molar-refractivity contribution in [3.63, 3.8) is 0 Å². The molecule has 1 fully saturated rings. The Morgan fingerprint density at radius 3 is 2.35 bits per heavy atom. The Balaban J connectivity index is 1.75. The molecule has 7 heteroatoms. The van der Waals surface area contributed by atoms with Gasteiger partial charge in [-0.15, -0.1) is 0 Å². The first-order valence-electron chi connectivity index (χ1n) is 8.60. The van der Waals surface area contributed by atoms with Crippen LogP contribution in [-0.2, 0) is 14.8 Å². The molecule has 0 spiro atoms. The third kappa shape index (κ3) is 4.62. The first kappa shape index (κ1) is 18.8. The Morgan fingerprint density at radius 1 is 1.08 bits per heavy atom. The lowest BCUT2D eigenvalue weighted by Gasteiger charge is -2.34. The van der Waals surface area contributed by atoms with Crippen LogP contribution in [0.3, 0.4) is 0 Å². The Kier molecular flexibility index (Phi) is 6.26. The number of hydrogen-bond donors (Lipinski definition) is 1. The second kappa shape index (κ2) is 8.64. The number of methoxy groups -OCH3 is 1. The summed E-state index contributed by atoms with van der Waals surface area (Å²) < 4.78 is 38.6. The van der Waals surface area contributed by atoms with E-state index in [1.54, 1.807) is 31.4 Å². The van der Waals surface area contributed by atoms with Crippen molar-refractivity contribution >= 4 is 10.0 Å². The molecule has 2 aromatic carbocycles. The summed E-state index contributed by atoms with van der Waals surface area (Å²) >= 11 is 0. The van der Waals surface area contributed by atoms with Crippen molar-refractivity contribution in [2.24, 2.45) is 0 Å². The number of morpholine rings is 1. The molecule has 0 aliphatic carbocycles. The average molecular weight is 376 g/mol. The van der Waals surface area contributed by atoms with E-state index in [1.807, 2.05) is 30.3 Å². The van der Waals surface area contributed by atoms with Crippen molar-refractivity contribution in [1.82, 2.24) is 9.62 Å². The molecule has 26 heavy (non-hydrogen) atoms. The number of sulfonamides is 1. The molecular weight excluding hydrogens is 352 g/mol. The van der Waals surface area contributed by atoms with Gasteiger partial charge in [0.15, 0.2) is 0 Å². The Morgan fingerprint density at radius 2 is 1.73 bits per heavy atom. The van der Waals surface area contributed by atoms with E-state index < -0.39 is 10.0 Å². The lowest BCUT2D eigenvalue weighted by Crippen LogP contribution is -2.43. The fourth-order valence-corrected chi connectivity index (χ4v) is 4.09. The topological polar surface area (TPSA) is 67.9 Å². The minimum Gasteiger partial charge on any atom is -0.497 e. The predicted octanol–water partition coefficient (Wildman–Crippen LogP) is 2.05. The molecule has 0 aromatic heterocycles.